The highest BCUT2D eigenvalue weighted by molar-refractivity contribution is 9.10. The van der Waals surface area contributed by atoms with Crippen molar-refractivity contribution in [2.75, 3.05) is 5.01 Å². The maximum absolute atomic E-state index is 12.9. The Morgan fingerprint density at radius 2 is 1.85 bits per heavy atom. The number of halogens is 1. The van der Waals surface area contributed by atoms with E-state index >= 15 is 0 Å². The van der Waals surface area contributed by atoms with E-state index < -0.39 is 0 Å². The molecule has 4 rings (SSSR count). The van der Waals surface area contributed by atoms with E-state index in [-0.39, 0.29) is 5.91 Å². The van der Waals surface area contributed by atoms with Gasteiger partial charge in [-0.05, 0) is 55.8 Å². The third-order valence-corrected chi connectivity index (χ3v) is 5.05. The number of aryl methyl sites for hydroxylation is 1. The Balaban J connectivity index is 1.65. The second-order valence-corrected chi connectivity index (χ2v) is 7.24. The molecule has 1 aliphatic rings. The topological polar surface area (TPSA) is 45.8 Å². The molecular weight excluding hydrogens is 404 g/mol. The zero-order valence-corrected chi connectivity index (χ0v) is 16.5. The van der Waals surface area contributed by atoms with Gasteiger partial charge in [0.2, 0.25) is 0 Å². The predicted molar refractivity (Wildman–Crippen MR) is 112 cm³/mol. The van der Waals surface area contributed by atoms with Crippen LogP contribution in [0.2, 0.25) is 0 Å². The number of nitrogens with zero attached hydrogens (tertiary/aromatic N) is 2. The predicted octanol–water partition coefficient (Wildman–Crippen LogP) is 5.82. The Labute approximate surface area is 165 Å². The molecule has 4 nitrogen and oxygen atoms in total. The number of anilines is 1. The van der Waals surface area contributed by atoms with Crippen molar-refractivity contribution in [3.8, 4) is 11.3 Å². The molecule has 0 spiro atoms. The number of hydrogen-bond donors (Lipinski definition) is 0. The Morgan fingerprint density at radius 1 is 1.04 bits per heavy atom. The molecule has 0 radical (unpaired) electrons. The van der Waals surface area contributed by atoms with Gasteiger partial charge in [-0.2, -0.15) is 10.1 Å². The molecule has 1 aromatic heterocycles. The average molecular weight is 421 g/mol. The molecule has 0 saturated carbocycles. The van der Waals surface area contributed by atoms with Crippen molar-refractivity contribution >= 4 is 39.3 Å². The molecule has 2 heterocycles. The quantitative estimate of drug-likeness (QED) is 0.500. The fourth-order valence-corrected chi connectivity index (χ4v) is 3.48. The van der Waals surface area contributed by atoms with Gasteiger partial charge in [-0.3, -0.25) is 4.79 Å². The third kappa shape index (κ3) is 3.38. The summed E-state index contributed by atoms with van der Waals surface area (Å²) in [6, 6.07) is 19.3. The smallest absolute Gasteiger partial charge is 0.280 e. The fourth-order valence-electron chi connectivity index (χ4n) is 3.00. The van der Waals surface area contributed by atoms with Crippen molar-refractivity contribution in [2.45, 2.75) is 13.8 Å². The van der Waals surface area contributed by atoms with Gasteiger partial charge in [0.15, 0.2) is 0 Å². The van der Waals surface area contributed by atoms with E-state index in [4.69, 9.17) is 4.42 Å². The van der Waals surface area contributed by atoms with Crippen molar-refractivity contribution < 1.29 is 9.21 Å². The van der Waals surface area contributed by atoms with E-state index in [1.54, 1.807) is 6.08 Å². The summed E-state index contributed by atoms with van der Waals surface area (Å²) in [7, 11) is 0. The average Bonchev–Trinajstić information content (AvgIpc) is 3.22. The molecule has 0 saturated heterocycles. The Bertz CT molecular complexity index is 1090. The van der Waals surface area contributed by atoms with E-state index in [0.29, 0.717) is 17.0 Å². The van der Waals surface area contributed by atoms with Gasteiger partial charge in [-0.25, -0.2) is 0 Å². The van der Waals surface area contributed by atoms with Gasteiger partial charge in [-0.1, -0.05) is 46.3 Å². The van der Waals surface area contributed by atoms with Gasteiger partial charge in [0.1, 0.15) is 11.5 Å². The summed E-state index contributed by atoms with van der Waals surface area (Å²) < 4.78 is 6.89. The minimum absolute atomic E-state index is 0.156. The molecule has 1 aliphatic heterocycles. The van der Waals surface area contributed by atoms with Crippen molar-refractivity contribution in [1.82, 2.24) is 0 Å². The van der Waals surface area contributed by atoms with Crippen LogP contribution in [0.15, 0.2) is 80.2 Å². The standard InChI is InChI=1S/C22H17BrN2O2/c1-14-6-5-7-16(12-14)25-22(26)19(15(2)24-25)13-17-10-11-21(27-17)18-8-3-4-9-20(18)23/h3-13H,1-2H3/b19-13-. The summed E-state index contributed by atoms with van der Waals surface area (Å²) in [6.07, 6.45) is 1.75. The summed E-state index contributed by atoms with van der Waals surface area (Å²) in [5, 5.41) is 5.86. The summed E-state index contributed by atoms with van der Waals surface area (Å²) in [5.41, 5.74) is 4.00. The number of carbonyl (C=O) groups excluding carboxylic acids is 1. The second kappa shape index (κ2) is 7.00. The van der Waals surface area contributed by atoms with Crippen LogP contribution in [0.5, 0.6) is 0 Å². The van der Waals surface area contributed by atoms with Gasteiger partial charge in [0.05, 0.1) is 17.0 Å². The van der Waals surface area contributed by atoms with Gasteiger partial charge >= 0.3 is 0 Å². The number of hydrogen-bond acceptors (Lipinski definition) is 3. The molecule has 27 heavy (non-hydrogen) atoms. The van der Waals surface area contributed by atoms with Crippen LogP contribution in [0.1, 0.15) is 18.2 Å². The molecule has 5 heteroatoms. The van der Waals surface area contributed by atoms with E-state index in [9.17, 15) is 4.79 Å². The highest BCUT2D eigenvalue weighted by Gasteiger charge is 2.29. The van der Waals surface area contributed by atoms with Crippen molar-refractivity contribution in [1.29, 1.82) is 0 Å². The van der Waals surface area contributed by atoms with E-state index in [1.807, 2.05) is 74.5 Å². The van der Waals surface area contributed by atoms with Crippen molar-refractivity contribution in [3.05, 3.63) is 82.0 Å². The summed E-state index contributed by atoms with van der Waals surface area (Å²) in [4.78, 5) is 12.9. The highest BCUT2D eigenvalue weighted by Crippen LogP contribution is 2.31. The van der Waals surface area contributed by atoms with Gasteiger partial charge in [0, 0.05) is 10.0 Å². The minimum Gasteiger partial charge on any atom is -0.457 e. The summed E-state index contributed by atoms with van der Waals surface area (Å²) in [5.74, 6) is 1.20. The van der Waals surface area contributed by atoms with Crippen LogP contribution in [0.25, 0.3) is 17.4 Å². The molecule has 0 unspecified atom stereocenters. The van der Waals surface area contributed by atoms with Gasteiger partial charge in [0.25, 0.3) is 5.91 Å². The minimum atomic E-state index is -0.156. The first-order valence-electron chi connectivity index (χ1n) is 8.56. The second-order valence-electron chi connectivity index (χ2n) is 6.38. The van der Waals surface area contributed by atoms with Crippen LogP contribution in [0, 0.1) is 6.92 Å². The fraction of sp³-hybridized carbons (Fsp3) is 0.0909. The lowest BCUT2D eigenvalue weighted by Crippen LogP contribution is -2.21. The monoisotopic (exact) mass is 420 g/mol. The number of hydrazone groups is 1. The molecule has 0 bridgehead atoms. The lowest BCUT2D eigenvalue weighted by Gasteiger charge is -2.12. The Hall–Kier alpha value is -2.92. The first-order chi connectivity index (χ1) is 13.0. The maximum atomic E-state index is 12.9. The summed E-state index contributed by atoms with van der Waals surface area (Å²) >= 11 is 3.53. The number of rotatable bonds is 3. The zero-order chi connectivity index (χ0) is 19.0. The number of benzene rings is 2. The lowest BCUT2D eigenvalue weighted by atomic mass is 10.1. The molecule has 0 aliphatic carbocycles. The van der Waals surface area contributed by atoms with Crippen LogP contribution in [-0.4, -0.2) is 11.6 Å². The van der Waals surface area contributed by atoms with Crippen LogP contribution in [0.3, 0.4) is 0 Å². The number of amides is 1. The lowest BCUT2D eigenvalue weighted by molar-refractivity contribution is -0.114. The molecule has 2 aromatic carbocycles. The normalized spacial score (nSPS) is 15.5. The molecule has 134 valence electrons. The van der Waals surface area contributed by atoms with Gasteiger partial charge in [-0.15, -0.1) is 0 Å². The third-order valence-electron chi connectivity index (χ3n) is 4.36. The first kappa shape index (κ1) is 17.5. The van der Waals surface area contributed by atoms with Crippen LogP contribution >= 0.6 is 15.9 Å². The molecule has 0 atom stereocenters. The SMILES string of the molecule is CC1=NN(c2cccc(C)c2)C(=O)/C1=C\c1ccc(-c2ccccc2Br)o1. The van der Waals surface area contributed by atoms with Crippen LogP contribution < -0.4 is 5.01 Å². The maximum Gasteiger partial charge on any atom is 0.280 e. The molecule has 0 fully saturated rings. The molecule has 3 aromatic rings. The number of furan rings is 1. The first-order valence-corrected chi connectivity index (χ1v) is 9.35. The Kier molecular flexibility index (Phi) is 4.54. The number of carbonyl (C=O) groups is 1. The van der Waals surface area contributed by atoms with E-state index in [1.165, 1.54) is 5.01 Å². The van der Waals surface area contributed by atoms with E-state index in [2.05, 4.69) is 21.0 Å². The van der Waals surface area contributed by atoms with Gasteiger partial charge < -0.3 is 4.42 Å². The van der Waals surface area contributed by atoms with Crippen molar-refractivity contribution in [3.63, 3.8) is 0 Å². The van der Waals surface area contributed by atoms with E-state index in [0.717, 1.165) is 27.0 Å². The molecule has 0 N–H and O–H groups in total. The largest absolute Gasteiger partial charge is 0.457 e. The zero-order valence-electron chi connectivity index (χ0n) is 14.9. The van der Waals surface area contributed by atoms with Crippen molar-refractivity contribution in [2.24, 2.45) is 5.10 Å². The summed E-state index contributed by atoms with van der Waals surface area (Å²) in [6.45, 7) is 3.82. The van der Waals surface area contributed by atoms with Crippen LogP contribution in [-0.2, 0) is 4.79 Å². The molecular formula is C22H17BrN2O2. The Morgan fingerprint density at radius 3 is 2.63 bits per heavy atom. The highest BCUT2D eigenvalue weighted by atomic mass is 79.9. The molecule has 1 amide bonds. The van der Waals surface area contributed by atoms with Crippen LogP contribution in [0.4, 0.5) is 5.69 Å².